The van der Waals surface area contributed by atoms with Crippen LogP contribution in [0.2, 0.25) is 0 Å². The Balaban J connectivity index is 1.57. The Morgan fingerprint density at radius 2 is 2.12 bits per heavy atom. The fourth-order valence-electron chi connectivity index (χ4n) is 2.36. The summed E-state index contributed by atoms with van der Waals surface area (Å²) in [5, 5.41) is 2.80. The molecule has 0 aliphatic heterocycles. The third kappa shape index (κ3) is 3.45. The first-order chi connectivity index (χ1) is 11.7. The highest BCUT2D eigenvalue weighted by atomic mass is 16.5. The van der Waals surface area contributed by atoms with Gasteiger partial charge in [-0.15, -0.1) is 0 Å². The number of pyridine rings is 1. The zero-order valence-electron chi connectivity index (χ0n) is 13.2. The number of aromatic nitrogens is 2. The number of carbonyl (C=O) groups excluding carboxylic acids is 1. The Bertz CT molecular complexity index is 896. The molecule has 7 heteroatoms. The highest BCUT2D eigenvalue weighted by Gasteiger charge is 2.10. The Labute approximate surface area is 137 Å². The van der Waals surface area contributed by atoms with E-state index in [1.54, 1.807) is 37.6 Å². The Morgan fingerprint density at radius 1 is 1.29 bits per heavy atom. The van der Waals surface area contributed by atoms with Crippen molar-refractivity contribution in [3.8, 4) is 5.88 Å². The fraction of sp³-hybridized carbons (Fsp3) is 0.235. The lowest BCUT2D eigenvalue weighted by Gasteiger charge is -2.06. The van der Waals surface area contributed by atoms with Gasteiger partial charge in [-0.2, -0.15) is 0 Å². The second kappa shape index (κ2) is 6.99. The molecular formula is C17H17N3O4. The number of nitrogens with one attached hydrogen (secondary N) is 1. The summed E-state index contributed by atoms with van der Waals surface area (Å²) in [6, 6.07) is 10.7. The van der Waals surface area contributed by atoms with E-state index >= 15 is 0 Å². The van der Waals surface area contributed by atoms with Crippen molar-refractivity contribution in [1.29, 1.82) is 0 Å². The summed E-state index contributed by atoms with van der Waals surface area (Å²) in [6.45, 7) is 0.638. The minimum absolute atomic E-state index is 0.150. The van der Waals surface area contributed by atoms with E-state index in [9.17, 15) is 9.59 Å². The van der Waals surface area contributed by atoms with Crippen LogP contribution in [0.1, 0.15) is 12.0 Å². The molecule has 0 saturated carbocycles. The van der Waals surface area contributed by atoms with Crippen molar-refractivity contribution in [1.82, 2.24) is 14.9 Å². The minimum Gasteiger partial charge on any atom is -0.481 e. The van der Waals surface area contributed by atoms with Crippen molar-refractivity contribution in [2.24, 2.45) is 0 Å². The predicted octanol–water partition coefficient (Wildman–Crippen LogP) is 1.70. The second-order valence-corrected chi connectivity index (χ2v) is 5.22. The second-order valence-electron chi connectivity index (χ2n) is 5.22. The van der Waals surface area contributed by atoms with Crippen molar-refractivity contribution in [3.05, 3.63) is 58.7 Å². The molecule has 124 valence electrons. The highest BCUT2D eigenvalue weighted by Crippen LogP contribution is 2.12. The highest BCUT2D eigenvalue weighted by molar-refractivity contribution is 5.76. The largest absolute Gasteiger partial charge is 0.481 e. The molecule has 3 rings (SSSR count). The maximum atomic E-state index is 12.0. The molecule has 3 aromatic rings. The lowest BCUT2D eigenvalue weighted by molar-refractivity contribution is -0.121. The number of hydrogen-bond acceptors (Lipinski definition) is 5. The van der Waals surface area contributed by atoms with E-state index in [4.69, 9.17) is 9.15 Å². The van der Waals surface area contributed by atoms with Crippen molar-refractivity contribution in [2.45, 2.75) is 19.5 Å². The summed E-state index contributed by atoms with van der Waals surface area (Å²) in [6.07, 6.45) is 1.83. The van der Waals surface area contributed by atoms with Gasteiger partial charge >= 0.3 is 5.76 Å². The zero-order chi connectivity index (χ0) is 16.9. The molecule has 0 saturated heterocycles. The lowest BCUT2D eigenvalue weighted by atomic mass is 10.2. The van der Waals surface area contributed by atoms with Crippen LogP contribution in [0.25, 0.3) is 11.1 Å². The smallest absolute Gasteiger partial charge is 0.419 e. The third-order valence-corrected chi connectivity index (χ3v) is 3.63. The Kier molecular flexibility index (Phi) is 4.60. The molecule has 2 heterocycles. The van der Waals surface area contributed by atoms with Crippen LogP contribution in [0.15, 0.2) is 51.8 Å². The van der Waals surface area contributed by atoms with E-state index in [2.05, 4.69) is 10.3 Å². The number of nitrogens with zero attached hydrogens (tertiary/aromatic N) is 2. The van der Waals surface area contributed by atoms with Crippen LogP contribution in [0, 0.1) is 0 Å². The van der Waals surface area contributed by atoms with Crippen molar-refractivity contribution >= 4 is 17.0 Å². The van der Waals surface area contributed by atoms with Crippen LogP contribution >= 0.6 is 0 Å². The van der Waals surface area contributed by atoms with Gasteiger partial charge in [0, 0.05) is 31.8 Å². The van der Waals surface area contributed by atoms with Crippen molar-refractivity contribution in [2.75, 3.05) is 7.11 Å². The SMILES string of the molecule is COc1ccc(CNC(=O)CCn2c(=O)oc3ccccc32)cn1. The number of hydrogen-bond donors (Lipinski definition) is 1. The number of methoxy groups -OCH3 is 1. The molecule has 0 aliphatic carbocycles. The summed E-state index contributed by atoms with van der Waals surface area (Å²) >= 11 is 0. The summed E-state index contributed by atoms with van der Waals surface area (Å²) in [7, 11) is 1.55. The third-order valence-electron chi connectivity index (χ3n) is 3.63. The molecular weight excluding hydrogens is 310 g/mol. The van der Waals surface area contributed by atoms with Crippen LogP contribution in [-0.2, 0) is 17.9 Å². The average Bonchev–Trinajstić information content (AvgIpc) is 2.93. The zero-order valence-corrected chi connectivity index (χ0v) is 13.2. The normalized spacial score (nSPS) is 10.7. The molecule has 1 aromatic carbocycles. The molecule has 2 aromatic heterocycles. The predicted molar refractivity (Wildman–Crippen MR) is 87.7 cm³/mol. The van der Waals surface area contributed by atoms with Gasteiger partial charge in [0.15, 0.2) is 5.58 Å². The molecule has 1 N–H and O–H groups in total. The van der Waals surface area contributed by atoms with Gasteiger partial charge in [0.2, 0.25) is 11.8 Å². The summed E-state index contributed by atoms with van der Waals surface area (Å²) in [5.74, 6) is -0.0809. The number of carbonyl (C=O) groups is 1. The van der Waals surface area contributed by atoms with Crippen molar-refractivity contribution in [3.63, 3.8) is 0 Å². The molecule has 0 bridgehead atoms. The first-order valence-electron chi connectivity index (χ1n) is 7.51. The van der Waals surface area contributed by atoms with Crippen LogP contribution in [0.5, 0.6) is 5.88 Å². The van der Waals surface area contributed by atoms with E-state index < -0.39 is 5.76 Å². The average molecular weight is 327 g/mol. The number of oxazole rings is 1. The van der Waals surface area contributed by atoms with Gasteiger partial charge in [0.05, 0.1) is 12.6 Å². The van der Waals surface area contributed by atoms with E-state index in [-0.39, 0.29) is 18.9 Å². The summed E-state index contributed by atoms with van der Waals surface area (Å²) in [4.78, 5) is 27.9. The number of amides is 1. The molecule has 0 atom stereocenters. The standard InChI is InChI=1S/C17H17N3O4/c1-23-16-7-6-12(11-19-16)10-18-15(21)8-9-20-13-4-2-3-5-14(13)24-17(20)22/h2-7,11H,8-10H2,1H3,(H,18,21). The van der Waals surface area contributed by atoms with Gasteiger partial charge < -0.3 is 14.5 Å². The van der Waals surface area contributed by atoms with Crippen LogP contribution in [-0.4, -0.2) is 22.6 Å². The first-order valence-corrected chi connectivity index (χ1v) is 7.51. The number of para-hydroxylation sites is 2. The Morgan fingerprint density at radius 3 is 2.88 bits per heavy atom. The van der Waals surface area contributed by atoms with Gasteiger partial charge in [0.1, 0.15) is 0 Å². The quantitative estimate of drug-likeness (QED) is 0.745. The van der Waals surface area contributed by atoms with Gasteiger partial charge in [-0.25, -0.2) is 9.78 Å². The first kappa shape index (κ1) is 15.8. The molecule has 24 heavy (non-hydrogen) atoms. The number of ether oxygens (including phenoxy) is 1. The van der Waals surface area contributed by atoms with Gasteiger partial charge in [0.25, 0.3) is 0 Å². The molecule has 0 aliphatic rings. The summed E-state index contributed by atoms with van der Waals surface area (Å²) < 4.78 is 11.6. The van der Waals surface area contributed by atoms with E-state index in [1.807, 2.05) is 12.1 Å². The van der Waals surface area contributed by atoms with E-state index in [0.29, 0.717) is 23.5 Å². The lowest BCUT2D eigenvalue weighted by Crippen LogP contribution is -2.25. The number of fused-ring (bicyclic) bond motifs is 1. The van der Waals surface area contributed by atoms with E-state index in [1.165, 1.54) is 4.57 Å². The van der Waals surface area contributed by atoms with Crippen LogP contribution in [0.4, 0.5) is 0 Å². The maximum Gasteiger partial charge on any atom is 0.419 e. The van der Waals surface area contributed by atoms with Crippen molar-refractivity contribution < 1.29 is 13.9 Å². The van der Waals surface area contributed by atoms with E-state index in [0.717, 1.165) is 5.56 Å². The van der Waals surface area contributed by atoms with Gasteiger partial charge in [-0.3, -0.25) is 9.36 Å². The molecule has 7 nitrogen and oxygen atoms in total. The molecule has 0 unspecified atom stereocenters. The maximum absolute atomic E-state index is 12.0. The van der Waals surface area contributed by atoms with Gasteiger partial charge in [-0.1, -0.05) is 18.2 Å². The number of benzene rings is 1. The summed E-state index contributed by atoms with van der Waals surface area (Å²) in [5.41, 5.74) is 2.08. The minimum atomic E-state index is -0.455. The van der Waals surface area contributed by atoms with Crippen LogP contribution in [0.3, 0.4) is 0 Å². The number of rotatable bonds is 6. The van der Waals surface area contributed by atoms with Gasteiger partial charge in [-0.05, 0) is 17.7 Å². The van der Waals surface area contributed by atoms with Crippen LogP contribution < -0.4 is 15.8 Å². The topological polar surface area (TPSA) is 86.4 Å². The molecule has 0 spiro atoms. The Hall–Kier alpha value is -3.09. The molecule has 0 fully saturated rings. The fourth-order valence-corrected chi connectivity index (χ4v) is 2.36. The molecule has 0 radical (unpaired) electrons. The number of aryl methyl sites for hydroxylation is 1. The monoisotopic (exact) mass is 327 g/mol. The molecule has 1 amide bonds.